The van der Waals surface area contributed by atoms with E-state index in [-0.39, 0.29) is 6.10 Å². The van der Waals surface area contributed by atoms with E-state index >= 15 is 0 Å². The Morgan fingerprint density at radius 1 is 1.30 bits per heavy atom. The molecule has 2 aromatic heterocycles. The lowest BCUT2D eigenvalue weighted by atomic mass is 10.2. The quantitative estimate of drug-likeness (QED) is 0.661. The third kappa shape index (κ3) is 2.28. The van der Waals surface area contributed by atoms with Gasteiger partial charge in [-0.05, 0) is 0 Å². The zero-order valence-corrected chi connectivity index (χ0v) is 12.0. The van der Waals surface area contributed by atoms with E-state index in [0.29, 0.717) is 30.4 Å². The highest BCUT2D eigenvalue weighted by atomic mass is 16.3. The van der Waals surface area contributed by atoms with Gasteiger partial charge in [0, 0.05) is 25.4 Å². The average Bonchev–Trinajstić information content (AvgIpc) is 3.20. The van der Waals surface area contributed by atoms with Crippen LogP contribution in [0.15, 0.2) is 31.0 Å². The first-order valence-corrected chi connectivity index (χ1v) is 7.09. The van der Waals surface area contributed by atoms with E-state index in [1.165, 1.54) is 11.0 Å². The lowest BCUT2D eigenvalue weighted by Crippen LogP contribution is -2.51. The van der Waals surface area contributed by atoms with Crippen LogP contribution in [0.1, 0.15) is 0 Å². The second kappa shape index (κ2) is 5.32. The Kier molecular flexibility index (Phi) is 3.15. The number of nitrogens with one attached hydrogen (secondary N) is 1. The van der Waals surface area contributed by atoms with Crippen LogP contribution in [-0.4, -0.2) is 61.6 Å². The number of anilines is 2. The highest BCUT2D eigenvalue weighted by Gasteiger charge is 2.32. The summed E-state index contributed by atoms with van der Waals surface area (Å²) in [6.07, 6.45) is 6.82. The van der Waals surface area contributed by atoms with E-state index < -0.39 is 6.04 Å². The predicted octanol–water partition coefficient (Wildman–Crippen LogP) is -1.36. The van der Waals surface area contributed by atoms with Gasteiger partial charge in [-0.25, -0.2) is 14.6 Å². The lowest BCUT2D eigenvalue weighted by molar-refractivity contribution is -0.108. The molecular formula is C13H14N8O2. The van der Waals surface area contributed by atoms with Crippen molar-refractivity contribution in [2.24, 2.45) is 0 Å². The summed E-state index contributed by atoms with van der Waals surface area (Å²) in [5.41, 5.74) is 3.67. The molecular weight excluding hydrogens is 300 g/mol. The van der Waals surface area contributed by atoms with E-state index in [2.05, 4.69) is 25.7 Å². The van der Waals surface area contributed by atoms with Gasteiger partial charge < -0.3 is 20.2 Å². The van der Waals surface area contributed by atoms with Crippen molar-refractivity contribution in [3.05, 3.63) is 31.0 Å². The molecule has 0 amide bonds. The van der Waals surface area contributed by atoms with Gasteiger partial charge >= 0.3 is 0 Å². The fourth-order valence-corrected chi connectivity index (χ4v) is 2.60. The first kappa shape index (κ1) is 13.6. The summed E-state index contributed by atoms with van der Waals surface area (Å²) in [5.74, 6) is 1.26. The number of hydrazine groups is 1. The number of aldehydes is 1. The van der Waals surface area contributed by atoms with Gasteiger partial charge in [-0.15, -0.1) is 5.10 Å². The Morgan fingerprint density at radius 2 is 2.13 bits per heavy atom. The second-order valence-corrected chi connectivity index (χ2v) is 5.29. The molecule has 2 aromatic rings. The summed E-state index contributed by atoms with van der Waals surface area (Å²) in [5, 5.41) is 18.7. The molecule has 0 spiro atoms. The number of hydrogen-bond acceptors (Lipinski definition) is 9. The molecule has 118 valence electrons. The van der Waals surface area contributed by atoms with Crippen molar-refractivity contribution >= 4 is 23.6 Å². The van der Waals surface area contributed by atoms with Crippen LogP contribution in [-0.2, 0) is 4.79 Å². The van der Waals surface area contributed by atoms with Crippen molar-refractivity contribution in [1.29, 1.82) is 0 Å². The van der Waals surface area contributed by atoms with Crippen LogP contribution < -0.4 is 15.3 Å². The first-order chi connectivity index (χ1) is 11.3. The van der Waals surface area contributed by atoms with Gasteiger partial charge in [0.2, 0.25) is 0 Å². The highest BCUT2D eigenvalue weighted by molar-refractivity contribution is 5.83. The van der Waals surface area contributed by atoms with Gasteiger partial charge in [0.25, 0.3) is 0 Å². The van der Waals surface area contributed by atoms with Crippen LogP contribution in [0.3, 0.4) is 0 Å². The van der Waals surface area contributed by atoms with Crippen molar-refractivity contribution in [1.82, 2.24) is 30.4 Å². The largest absolute Gasteiger partial charge is 0.389 e. The average molecular weight is 314 g/mol. The topological polar surface area (TPSA) is 112 Å². The monoisotopic (exact) mass is 314 g/mol. The van der Waals surface area contributed by atoms with Gasteiger partial charge in [-0.2, -0.15) is 0 Å². The molecule has 4 rings (SSSR count). The number of carbonyl (C=O) groups is 1. The third-order valence-electron chi connectivity index (χ3n) is 3.82. The van der Waals surface area contributed by atoms with E-state index in [4.69, 9.17) is 0 Å². The number of β-amino-alcohol motifs (C(OH)–C–C–N with tert-alkyl or cyclic N) is 1. The van der Waals surface area contributed by atoms with Crippen molar-refractivity contribution < 1.29 is 9.90 Å². The van der Waals surface area contributed by atoms with Crippen molar-refractivity contribution in [2.45, 2.75) is 12.1 Å². The molecule has 10 nitrogen and oxygen atoms in total. The van der Waals surface area contributed by atoms with Crippen LogP contribution in [0.4, 0.5) is 11.6 Å². The predicted molar refractivity (Wildman–Crippen MR) is 80.0 cm³/mol. The summed E-state index contributed by atoms with van der Waals surface area (Å²) in [7, 11) is 0. The summed E-state index contributed by atoms with van der Waals surface area (Å²) >= 11 is 0. The highest BCUT2D eigenvalue weighted by Crippen LogP contribution is 2.26. The Hall–Kier alpha value is -3.01. The van der Waals surface area contributed by atoms with Crippen LogP contribution in [0.5, 0.6) is 0 Å². The van der Waals surface area contributed by atoms with Gasteiger partial charge in [-0.1, -0.05) is 5.21 Å². The van der Waals surface area contributed by atoms with Gasteiger partial charge in [0.05, 0.1) is 24.2 Å². The van der Waals surface area contributed by atoms with Crippen molar-refractivity contribution in [3.63, 3.8) is 0 Å². The zero-order chi connectivity index (χ0) is 15.8. The van der Waals surface area contributed by atoms with Gasteiger partial charge in [0.1, 0.15) is 12.1 Å². The normalized spacial score (nSPS) is 20.9. The molecule has 1 atom stereocenters. The summed E-state index contributed by atoms with van der Waals surface area (Å²) in [6.45, 7) is 1.09. The maximum Gasteiger partial charge on any atom is 0.153 e. The van der Waals surface area contributed by atoms with E-state index in [9.17, 15) is 9.90 Å². The Balaban J connectivity index is 1.59. The number of aliphatic hydroxyl groups is 1. The minimum absolute atomic E-state index is 0.318. The Morgan fingerprint density at radius 3 is 2.83 bits per heavy atom. The van der Waals surface area contributed by atoms with Gasteiger partial charge in [0.15, 0.2) is 18.1 Å². The summed E-state index contributed by atoms with van der Waals surface area (Å²) in [6, 6.07) is 1.19. The number of nitrogens with zero attached hydrogens (tertiary/aromatic N) is 7. The van der Waals surface area contributed by atoms with Crippen molar-refractivity contribution in [3.8, 4) is 0 Å². The molecule has 0 saturated carbocycles. The molecule has 1 fully saturated rings. The SMILES string of the molecule is O=CC1C(n2ccnn2)=CNN1c1cc(N2CC(O)C2)ncn1. The molecule has 0 radical (unpaired) electrons. The maximum atomic E-state index is 11.6. The number of aromatic nitrogens is 5. The molecule has 1 unspecified atom stereocenters. The van der Waals surface area contributed by atoms with E-state index in [1.54, 1.807) is 29.7 Å². The minimum Gasteiger partial charge on any atom is -0.389 e. The van der Waals surface area contributed by atoms with Crippen LogP contribution in [0, 0.1) is 0 Å². The number of carbonyl (C=O) groups excluding carboxylic acids is 1. The van der Waals surface area contributed by atoms with Crippen LogP contribution in [0.25, 0.3) is 5.70 Å². The van der Waals surface area contributed by atoms with Crippen LogP contribution >= 0.6 is 0 Å². The fraction of sp³-hybridized carbons (Fsp3) is 0.308. The van der Waals surface area contributed by atoms with Gasteiger partial charge in [-0.3, -0.25) is 5.01 Å². The molecule has 4 heterocycles. The molecule has 0 aromatic carbocycles. The van der Waals surface area contributed by atoms with Crippen molar-refractivity contribution in [2.75, 3.05) is 23.0 Å². The molecule has 2 aliphatic heterocycles. The van der Waals surface area contributed by atoms with E-state index in [1.807, 2.05) is 4.90 Å². The zero-order valence-electron chi connectivity index (χ0n) is 12.0. The lowest BCUT2D eigenvalue weighted by Gasteiger charge is -2.37. The summed E-state index contributed by atoms with van der Waals surface area (Å²) in [4.78, 5) is 21.9. The fourth-order valence-electron chi connectivity index (χ4n) is 2.60. The smallest absolute Gasteiger partial charge is 0.153 e. The maximum absolute atomic E-state index is 11.6. The third-order valence-corrected chi connectivity index (χ3v) is 3.82. The Bertz CT molecular complexity index is 740. The summed E-state index contributed by atoms with van der Waals surface area (Å²) < 4.78 is 1.53. The first-order valence-electron chi connectivity index (χ1n) is 7.09. The number of hydrogen-bond donors (Lipinski definition) is 2. The molecule has 0 bridgehead atoms. The standard InChI is InChI=1S/C13H14N8O2/c22-7-11-10(20-2-1-16-18-20)4-17-21(11)13-3-12(14-8-15-13)19-5-9(23)6-19/h1-4,7-9,11,17,23H,5-6H2. The molecule has 0 aliphatic carbocycles. The number of aliphatic hydroxyl groups excluding tert-OH is 1. The molecule has 2 aliphatic rings. The van der Waals surface area contributed by atoms with Crippen LogP contribution in [0.2, 0.25) is 0 Å². The molecule has 2 N–H and O–H groups in total. The minimum atomic E-state index is -0.582. The Labute approximate surface area is 131 Å². The van der Waals surface area contributed by atoms with E-state index in [0.717, 1.165) is 6.29 Å². The molecule has 1 saturated heterocycles. The second-order valence-electron chi connectivity index (χ2n) is 5.29. The molecule has 10 heteroatoms. The molecule has 23 heavy (non-hydrogen) atoms. The number of rotatable bonds is 4.